The smallest absolute Gasteiger partial charge is 0.187 e. The van der Waals surface area contributed by atoms with Crippen LogP contribution in [0.15, 0.2) is 84.9 Å². The van der Waals surface area contributed by atoms with Crippen LogP contribution in [0.4, 0.5) is 17.1 Å². The maximum Gasteiger partial charge on any atom is 0.187 e. The van der Waals surface area contributed by atoms with Crippen molar-refractivity contribution in [3.05, 3.63) is 113 Å². The van der Waals surface area contributed by atoms with Gasteiger partial charge in [-0.25, -0.2) is 4.85 Å². The van der Waals surface area contributed by atoms with Crippen LogP contribution in [0.1, 0.15) is 37.0 Å². The van der Waals surface area contributed by atoms with Crippen molar-refractivity contribution in [2.75, 3.05) is 11.4 Å². The number of benzene rings is 5. The van der Waals surface area contributed by atoms with E-state index in [0.29, 0.717) is 0 Å². The summed E-state index contributed by atoms with van der Waals surface area (Å²) in [4.78, 5) is 6.08. The summed E-state index contributed by atoms with van der Waals surface area (Å²) < 4.78 is 0. The number of anilines is 2. The molecule has 0 saturated heterocycles. The molecule has 0 atom stereocenters. The first-order valence-electron chi connectivity index (χ1n) is 12.4. The standard InChI is InChI=1S/C33H26N2/c1-33(2)29-16-15-26-25-9-5-4-7-21(25)10-13-27(26)32(29)28-14-12-24(20-30(28)33)35-18-6-8-22-19-23(34-3)11-17-31(22)35/h4-5,7,9-17,19-20H,6,8,18H2,1-2H3. The van der Waals surface area contributed by atoms with Gasteiger partial charge in [-0.2, -0.15) is 0 Å². The summed E-state index contributed by atoms with van der Waals surface area (Å²) in [5.41, 5.74) is 10.00. The fourth-order valence-electron chi connectivity index (χ4n) is 6.40. The molecule has 7 rings (SSSR count). The Labute approximate surface area is 206 Å². The Balaban J connectivity index is 1.42. The molecule has 168 valence electrons. The van der Waals surface area contributed by atoms with E-state index in [0.717, 1.165) is 25.1 Å². The zero-order valence-corrected chi connectivity index (χ0v) is 20.1. The molecule has 0 radical (unpaired) electrons. The van der Waals surface area contributed by atoms with Crippen LogP contribution in [0.5, 0.6) is 0 Å². The highest BCUT2D eigenvalue weighted by Gasteiger charge is 2.37. The van der Waals surface area contributed by atoms with Crippen molar-refractivity contribution in [3.63, 3.8) is 0 Å². The minimum atomic E-state index is -0.0624. The van der Waals surface area contributed by atoms with Crippen molar-refractivity contribution in [1.29, 1.82) is 0 Å². The minimum absolute atomic E-state index is 0.0624. The van der Waals surface area contributed by atoms with E-state index in [1.165, 1.54) is 60.7 Å². The van der Waals surface area contributed by atoms with Crippen LogP contribution in [0.2, 0.25) is 0 Å². The van der Waals surface area contributed by atoms with E-state index in [1.54, 1.807) is 0 Å². The van der Waals surface area contributed by atoms with Crippen molar-refractivity contribution in [3.8, 4) is 11.1 Å². The van der Waals surface area contributed by atoms with Gasteiger partial charge >= 0.3 is 0 Å². The van der Waals surface area contributed by atoms with Gasteiger partial charge in [0, 0.05) is 23.3 Å². The zero-order valence-electron chi connectivity index (χ0n) is 20.1. The summed E-state index contributed by atoms with van der Waals surface area (Å²) in [6.45, 7) is 13.1. The van der Waals surface area contributed by atoms with Crippen LogP contribution in [0.3, 0.4) is 0 Å². The molecule has 0 unspecified atom stereocenters. The summed E-state index contributed by atoms with van der Waals surface area (Å²) in [6, 6.07) is 31.1. The van der Waals surface area contributed by atoms with Crippen molar-refractivity contribution < 1.29 is 0 Å². The molecule has 35 heavy (non-hydrogen) atoms. The molecule has 1 aliphatic carbocycles. The predicted octanol–water partition coefficient (Wildman–Crippen LogP) is 8.93. The van der Waals surface area contributed by atoms with Gasteiger partial charge in [0.25, 0.3) is 0 Å². The first-order chi connectivity index (χ1) is 17.1. The molecule has 2 nitrogen and oxygen atoms in total. The molecular weight excluding hydrogens is 424 g/mol. The maximum atomic E-state index is 7.38. The lowest BCUT2D eigenvalue weighted by molar-refractivity contribution is 0.660. The summed E-state index contributed by atoms with van der Waals surface area (Å²) in [5, 5.41) is 5.28. The van der Waals surface area contributed by atoms with Crippen molar-refractivity contribution >= 4 is 38.6 Å². The molecule has 1 heterocycles. The van der Waals surface area contributed by atoms with Crippen molar-refractivity contribution in [2.45, 2.75) is 32.1 Å². The highest BCUT2D eigenvalue weighted by atomic mass is 15.1. The Kier molecular flexibility index (Phi) is 4.18. The van der Waals surface area contributed by atoms with Gasteiger partial charge in [0.1, 0.15) is 0 Å². The van der Waals surface area contributed by atoms with Crippen LogP contribution in [0, 0.1) is 6.57 Å². The SMILES string of the molecule is [C-]#[N+]c1ccc2c(c1)CCCN2c1ccc2c(c1)C(C)(C)c1ccc3c(ccc4ccccc43)c1-2. The van der Waals surface area contributed by atoms with Crippen molar-refractivity contribution in [2.24, 2.45) is 0 Å². The van der Waals surface area contributed by atoms with Crippen molar-refractivity contribution in [1.82, 2.24) is 0 Å². The van der Waals surface area contributed by atoms with Gasteiger partial charge in [0.2, 0.25) is 0 Å². The maximum absolute atomic E-state index is 7.38. The predicted molar refractivity (Wildman–Crippen MR) is 147 cm³/mol. The van der Waals surface area contributed by atoms with E-state index >= 15 is 0 Å². The number of hydrogen-bond donors (Lipinski definition) is 0. The Morgan fingerprint density at radius 1 is 0.800 bits per heavy atom. The first-order valence-corrected chi connectivity index (χ1v) is 12.4. The van der Waals surface area contributed by atoms with Crippen LogP contribution in [0.25, 0.3) is 37.5 Å². The van der Waals surface area contributed by atoms with Crippen LogP contribution in [-0.2, 0) is 11.8 Å². The third-order valence-electron chi connectivity index (χ3n) is 8.17. The fraction of sp³-hybridized carbons (Fsp3) is 0.182. The largest absolute Gasteiger partial charge is 0.341 e. The topological polar surface area (TPSA) is 7.60 Å². The summed E-state index contributed by atoms with van der Waals surface area (Å²) in [5.74, 6) is 0. The highest BCUT2D eigenvalue weighted by Crippen LogP contribution is 2.53. The molecule has 1 aliphatic heterocycles. The van der Waals surface area contributed by atoms with Gasteiger partial charge in [-0.15, -0.1) is 0 Å². The van der Waals surface area contributed by atoms with Crippen LogP contribution < -0.4 is 4.90 Å². The Morgan fingerprint density at radius 2 is 1.66 bits per heavy atom. The lowest BCUT2D eigenvalue weighted by Gasteiger charge is -2.32. The Bertz CT molecular complexity index is 1720. The molecule has 0 fully saturated rings. The van der Waals surface area contributed by atoms with E-state index in [-0.39, 0.29) is 5.41 Å². The molecule has 0 amide bonds. The first kappa shape index (κ1) is 20.3. The molecule has 0 bridgehead atoms. The van der Waals surface area contributed by atoms with Gasteiger partial charge in [-0.1, -0.05) is 80.6 Å². The van der Waals surface area contributed by atoms with Gasteiger partial charge in [0.15, 0.2) is 5.69 Å². The van der Waals surface area contributed by atoms with E-state index < -0.39 is 0 Å². The van der Waals surface area contributed by atoms with Crippen LogP contribution >= 0.6 is 0 Å². The second-order valence-electron chi connectivity index (χ2n) is 10.4. The second kappa shape index (κ2) is 7.20. The zero-order chi connectivity index (χ0) is 23.7. The monoisotopic (exact) mass is 450 g/mol. The van der Waals surface area contributed by atoms with Gasteiger partial charge in [0.05, 0.1) is 6.57 Å². The van der Waals surface area contributed by atoms with E-state index in [2.05, 4.69) is 102 Å². The van der Waals surface area contributed by atoms with Gasteiger partial charge < -0.3 is 4.90 Å². The molecule has 2 aliphatic rings. The van der Waals surface area contributed by atoms with Crippen LogP contribution in [-0.4, -0.2) is 6.54 Å². The molecule has 0 aromatic heterocycles. The van der Waals surface area contributed by atoms with E-state index in [4.69, 9.17) is 6.57 Å². The summed E-state index contributed by atoms with van der Waals surface area (Å²) in [6.07, 6.45) is 2.14. The Hall–Kier alpha value is -4.09. The van der Waals surface area contributed by atoms with E-state index in [9.17, 15) is 0 Å². The Morgan fingerprint density at radius 3 is 2.54 bits per heavy atom. The summed E-state index contributed by atoms with van der Waals surface area (Å²) >= 11 is 0. The second-order valence-corrected chi connectivity index (χ2v) is 10.4. The normalized spacial score (nSPS) is 15.5. The molecule has 5 aromatic carbocycles. The fourth-order valence-corrected chi connectivity index (χ4v) is 6.40. The molecular formula is C33H26N2. The third kappa shape index (κ3) is 2.82. The quantitative estimate of drug-likeness (QED) is 0.183. The summed E-state index contributed by atoms with van der Waals surface area (Å²) in [7, 11) is 0. The number of nitrogens with zero attached hydrogens (tertiary/aromatic N) is 2. The number of rotatable bonds is 1. The van der Waals surface area contributed by atoms with Gasteiger partial charge in [-0.05, 0) is 80.4 Å². The number of hydrogen-bond acceptors (Lipinski definition) is 1. The lowest BCUT2D eigenvalue weighted by Crippen LogP contribution is -2.25. The minimum Gasteiger partial charge on any atom is -0.341 e. The number of aryl methyl sites for hydroxylation is 1. The van der Waals surface area contributed by atoms with Gasteiger partial charge in [-0.3, -0.25) is 0 Å². The molecule has 0 N–H and O–H groups in total. The highest BCUT2D eigenvalue weighted by molar-refractivity contribution is 6.14. The molecule has 5 aromatic rings. The molecule has 2 heteroatoms. The lowest BCUT2D eigenvalue weighted by atomic mass is 9.81. The average molecular weight is 451 g/mol. The third-order valence-corrected chi connectivity index (χ3v) is 8.17. The number of fused-ring (bicyclic) bond motifs is 8. The average Bonchev–Trinajstić information content (AvgIpc) is 3.14. The van der Waals surface area contributed by atoms with E-state index in [1.807, 2.05) is 6.07 Å². The molecule has 0 saturated carbocycles. The molecule has 0 spiro atoms.